The van der Waals surface area contributed by atoms with E-state index in [4.69, 9.17) is 0 Å². The predicted octanol–water partition coefficient (Wildman–Crippen LogP) is 3.27. The highest BCUT2D eigenvalue weighted by Gasteiger charge is 2.25. The summed E-state index contributed by atoms with van der Waals surface area (Å²) < 4.78 is 0. The second-order valence-electron chi connectivity index (χ2n) is 7.62. The number of nitrogens with one attached hydrogen (secondary N) is 2. The lowest BCUT2D eigenvalue weighted by Gasteiger charge is -2.30. The van der Waals surface area contributed by atoms with Crippen LogP contribution >= 0.6 is 0 Å². The third-order valence-corrected chi connectivity index (χ3v) is 5.30. The van der Waals surface area contributed by atoms with Crippen molar-refractivity contribution in [2.45, 2.75) is 33.2 Å². The van der Waals surface area contributed by atoms with E-state index in [1.165, 1.54) is 0 Å². The highest BCUT2D eigenvalue weighted by molar-refractivity contribution is 5.93. The molecule has 1 aliphatic rings. The number of benzene rings is 2. The Morgan fingerprint density at radius 2 is 1.75 bits per heavy atom. The zero-order chi connectivity index (χ0) is 19.9. The number of amides is 2. The first kappa shape index (κ1) is 20.1. The van der Waals surface area contributed by atoms with Crippen molar-refractivity contribution in [2.75, 3.05) is 25.0 Å². The Labute approximate surface area is 167 Å². The molecule has 5 heteroatoms. The number of aryl methyl sites for hydroxylation is 2. The van der Waals surface area contributed by atoms with Crippen molar-refractivity contribution >= 4 is 17.5 Å². The molecule has 0 aliphatic carbocycles. The smallest absolute Gasteiger partial charge is 0.238 e. The highest BCUT2D eigenvalue weighted by Crippen LogP contribution is 2.19. The molecule has 0 radical (unpaired) electrons. The van der Waals surface area contributed by atoms with Gasteiger partial charge in [0.2, 0.25) is 11.8 Å². The molecule has 2 amide bonds. The molecule has 148 valence electrons. The van der Waals surface area contributed by atoms with E-state index < -0.39 is 0 Å². The third kappa shape index (κ3) is 5.67. The maximum atomic E-state index is 12.4. The molecule has 5 nitrogen and oxygen atoms in total. The van der Waals surface area contributed by atoms with Gasteiger partial charge in [-0.3, -0.25) is 14.5 Å². The van der Waals surface area contributed by atoms with Crippen molar-refractivity contribution in [1.82, 2.24) is 10.2 Å². The van der Waals surface area contributed by atoms with Gasteiger partial charge in [-0.15, -0.1) is 0 Å². The van der Waals surface area contributed by atoms with Crippen LogP contribution in [0.1, 0.15) is 29.5 Å². The number of hydrogen-bond acceptors (Lipinski definition) is 3. The fourth-order valence-electron chi connectivity index (χ4n) is 3.55. The number of anilines is 1. The number of nitrogens with zero attached hydrogens (tertiary/aromatic N) is 1. The molecule has 1 heterocycles. The number of rotatable bonds is 6. The number of piperidine rings is 1. The van der Waals surface area contributed by atoms with E-state index in [-0.39, 0.29) is 17.7 Å². The Morgan fingerprint density at radius 1 is 1.04 bits per heavy atom. The van der Waals surface area contributed by atoms with Crippen molar-refractivity contribution in [3.05, 3.63) is 65.2 Å². The van der Waals surface area contributed by atoms with Crippen molar-refractivity contribution < 1.29 is 9.59 Å². The van der Waals surface area contributed by atoms with Gasteiger partial charge in [-0.05, 0) is 62.5 Å². The molecule has 0 aromatic heterocycles. The standard InChI is InChI=1S/C23H29N3O2/c1-17-8-9-18(2)21(14-17)25-22(27)16-26-12-10-20(11-13-26)23(28)24-15-19-6-4-3-5-7-19/h3-9,14,20H,10-13,15-16H2,1-2H3,(H,24,28)(H,25,27). The molecule has 2 aromatic rings. The quantitative estimate of drug-likeness (QED) is 0.810. The fraction of sp³-hybridized carbons (Fsp3) is 0.391. The molecule has 1 fully saturated rings. The van der Waals surface area contributed by atoms with E-state index in [1.807, 2.05) is 62.4 Å². The normalized spacial score (nSPS) is 15.2. The Hall–Kier alpha value is -2.66. The first-order chi connectivity index (χ1) is 13.5. The molecule has 1 aliphatic heterocycles. The summed E-state index contributed by atoms with van der Waals surface area (Å²) in [5, 5.41) is 6.04. The van der Waals surface area contributed by atoms with Crippen LogP contribution in [0.5, 0.6) is 0 Å². The van der Waals surface area contributed by atoms with Gasteiger partial charge in [0.25, 0.3) is 0 Å². The largest absolute Gasteiger partial charge is 0.352 e. The molecule has 0 unspecified atom stereocenters. The van der Waals surface area contributed by atoms with Gasteiger partial charge in [0.15, 0.2) is 0 Å². The summed E-state index contributed by atoms with van der Waals surface area (Å²) in [5.74, 6) is 0.145. The van der Waals surface area contributed by atoms with Gasteiger partial charge >= 0.3 is 0 Å². The highest BCUT2D eigenvalue weighted by atomic mass is 16.2. The van der Waals surface area contributed by atoms with Crippen LogP contribution in [0, 0.1) is 19.8 Å². The number of likely N-dealkylation sites (tertiary alicyclic amines) is 1. The van der Waals surface area contributed by atoms with Crippen LogP contribution in [0.15, 0.2) is 48.5 Å². The zero-order valence-electron chi connectivity index (χ0n) is 16.7. The van der Waals surface area contributed by atoms with Crippen molar-refractivity contribution in [1.29, 1.82) is 0 Å². The van der Waals surface area contributed by atoms with E-state index in [1.54, 1.807) is 0 Å². The van der Waals surface area contributed by atoms with Crippen LogP contribution in [-0.2, 0) is 16.1 Å². The summed E-state index contributed by atoms with van der Waals surface area (Å²) in [7, 11) is 0. The molecule has 0 spiro atoms. The summed E-state index contributed by atoms with van der Waals surface area (Å²) in [6.07, 6.45) is 1.58. The van der Waals surface area contributed by atoms with Gasteiger partial charge in [0, 0.05) is 18.2 Å². The molecule has 3 rings (SSSR count). The Balaban J connectivity index is 1.41. The monoisotopic (exact) mass is 379 g/mol. The molecule has 2 N–H and O–H groups in total. The molecule has 1 saturated heterocycles. The van der Waals surface area contributed by atoms with Crippen LogP contribution < -0.4 is 10.6 Å². The molecular weight excluding hydrogens is 350 g/mol. The topological polar surface area (TPSA) is 61.4 Å². The summed E-state index contributed by atoms with van der Waals surface area (Å²) in [6.45, 7) is 6.48. The van der Waals surface area contributed by atoms with Gasteiger partial charge in [-0.25, -0.2) is 0 Å². The molecular formula is C23H29N3O2. The average Bonchev–Trinajstić information content (AvgIpc) is 2.70. The van der Waals surface area contributed by atoms with Crippen LogP contribution in [0.4, 0.5) is 5.69 Å². The third-order valence-electron chi connectivity index (χ3n) is 5.30. The predicted molar refractivity (Wildman–Crippen MR) is 112 cm³/mol. The summed E-state index contributed by atoms with van der Waals surface area (Å²) in [5.41, 5.74) is 4.17. The maximum absolute atomic E-state index is 12.4. The maximum Gasteiger partial charge on any atom is 0.238 e. The SMILES string of the molecule is Cc1ccc(C)c(NC(=O)CN2CCC(C(=O)NCc3ccccc3)CC2)c1. The molecule has 0 bridgehead atoms. The van der Waals surface area contributed by atoms with Crippen molar-refractivity contribution in [2.24, 2.45) is 5.92 Å². The zero-order valence-corrected chi connectivity index (χ0v) is 16.7. The molecule has 2 aromatic carbocycles. The number of hydrogen-bond donors (Lipinski definition) is 2. The molecule has 0 atom stereocenters. The van der Waals surface area contributed by atoms with Crippen molar-refractivity contribution in [3.63, 3.8) is 0 Å². The minimum absolute atomic E-state index is 0.000629. The van der Waals surface area contributed by atoms with Gasteiger partial charge in [0.05, 0.1) is 6.54 Å². The molecule has 0 saturated carbocycles. The Morgan fingerprint density at radius 3 is 2.46 bits per heavy atom. The van der Waals surface area contributed by atoms with Gasteiger partial charge in [0.1, 0.15) is 0 Å². The first-order valence-electron chi connectivity index (χ1n) is 9.92. The molecule has 28 heavy (non-hydrogen) atoms. The van der Waals surface area contributed by atoms with Gasteiger partial charge in [-0.2, -0.15) is 0 Å². The van der Waals surface area contributed by atoms with E-state index in [9.17, 15) is 9.59 Å². The number of carbonyl (C=O) groups excluding carboxylic acids is 2. The average molecular weight is 380 g/mol. The fourth-order valence-corrected chi connectivity index (χ4v) is 3.55. The van der Waals surface area contributed by atoms with Crippen LogP contribution in [-0.4, -0.2) is 36.3 Å². The Kier molecular flexibility index (Phi) is 6.82. The van der Waals surface area contributed by atoms with Gasteiger partial charge in [-0.1, -0.05) is 42.5 Å². The second kappa shape index (κ2) is 9.51. The van der Waals surface area contributed by atoms with E-state index >= 15 is 0 Å². The summed E-state index contributed by atoms with van der Waals surface area (Å²) in [4.78, 5) is 26.9. The lowest BCUT2D eigenvalue weighted by atomic mass is 9.96. The van der Waals surface area contributed by atoms with Crippen LogP contribution in [0.25, 0.3) is 0 Å². The summed E-state index contributed by atoms with van der Waals surface area (Å²) >= 11 is 0. The van der Waals surface area contributed by atoms with Crippen LogP contribution in [0.2, 0.25) is 0 Å². The summed E-state index contributed by atoms with van der Waals surface area (Å²) in [6, 6.07) is 16.0. The lowest BCUT2D eigenvalue weighted by molar-refractivity contribution is -0.126. The minimum Gasteiger partial charge on any atom is -0.352 e. The van der Waals surface area contributed by atoms with E-state index in [0.717, 1.165) is 48.3 Å². The number of carbonyl (C=O) groups is 2. The van der Waals surface area contributed by atoms with Gasteiger partial charge < -0.3 is 10.6 Å². The van der Waals surface area contributed by atoms with E-state index in [0.29, 0.717) is 13.1 Å². The van der Waals surface area contributed by atoms with E-state index in [2.05, 4.69) is 15.5 Å². The lowest BCUT2D eigenvalue weighted by Crippen LogP contribution is -2.43. The van der Waals surface area contributed by atoms with Crippen molar-refractivity contribution in [3.8, 4) is 0 Å². The Bertz CT molecular complexity index is 812. The van der Waals surface area contributed by atoms with Crippen LogP contribution in [0.3, 0.4) is 0 Å². The second-order valence-corrected chi connectivity index (χ2v) is 7.62. The minimum atomic E-state index is 0.000629. The first-order valence-corrected chi connectivity index (χ1v) is 9.92.